The van der Waals surface area contributed by atoms with E-state index in [1.54, 1.807) is 0 Å². The molecular weight excluding hydrogens is 192 g/mol. The summed E-state index contributed by atoms with van der Waals surface area (Å²) in [6.45, 7) is 11.4. The van der Waals surface area contributed by atoms with E-state index in [0.29, 0.717) is 0 Å². The first-order valence-electron chi connectivity index (χ1n) is 6.55. The first-order valence-corrected chi connectivity index (χ1v) is 6.55. The minimum absolute atomic E-state index is 0.737. The molecule has 1 rings (SSSR count). The van der Waals surface area contributed by atoms with Crippen LogP contribution >= 0.6 is 0 Å². The van der Waals surface area contributed by atoms with Gasteiger partial charge in [-0.25, -0.2) is 0 Å². The Bertz CT molecular complexity index is 282. The molecule has 0 aromatic heterocycles. The van der Waals surface area contributed by atoms with Gasteiger partial charge >= 0.3 is 0 Å². The molecule has 0 heteroatoms. The fraction of sp³-hybridized carbons (Fsp3) is 0.625. The van der Waals surface area contributed by atoms with Crippen LogP contribution in [0.4, 0.5) is 0 Å². The lowest BCUT2D eigenvalue weighted by Crippen LogP contribution is -2.06. The van der Waals surface area contributed by atoms with Gasteiger partial charge in [0.2, 0.25) is 0 Å². The molecule has 0 fully saturated rings. The van der Waals surface area contributed by atoms with Gasteiger partial charge < -0.3 is 0 Å². The summed E-state index contributed by atoms with van der Waals surface area (Å²) in [5, 5.41) is 0. The van der Waals surface area contributed by atoms with Gasteiger partial charge in [-0.3, -0.25) is 0 Å². The van der Waals surface area contributed by atoms with Crippen LogP contribution in [-0.2, 0) is 0 Å². The molecule has 0 N–H and O–H groups in total. The first-order chi connectivity index (χ1) is 7.49. The number of rotatable bonds is 5. The van der Waals surface area contributed by atoms with E-state index >= 15 is 0 Å². The predicted octanol–water partition coefficient (Wildman–Crippen LogP) is 5.17. The molecule has 0 heterocycles. The number of aryl methyl sites for hydroxylation is 1. The minimum atomic E-state index is 0.737. The third kappa shape index (κ3) is 4.38. The van der Waals surface area contributed by atoms with Crippen molar-refractivity contribution in [3.63, 3.8) is 0 Å². The van der Waals surface area contributed by atoms with Crippen LogP contribution in [0.1, 0.15) is 57.6 Å². The van der Waals surface area contributed by atoms with Gasteiger partial charge in [0.25, 0.3) is 0 Å². The minimum Gasteiger partial charge on any atom is -0.0628 e. The summed E-state index contributed by atoms with van der Waals surface area (Å²) in [7, 11) is 0. The number of hydrogen-bond acceptors (Lipinski definition) is 0. The van der Waals surface area contributed by atoms with Crippen molar-refractivity contribution in [2.45, 2.75) is 53.4 Å². The monoisotopic (exact) mass is 218 g/mol. The first kappa shape index (κ1) is 13.3. The highest BCUT2D eigenvalue weighted by atomic mass is 14.2. The van der Waals surface area contributed by atoms with Crippen LogP contribution in [0.5, 0.6) is 0 Å². The fourth-order valence-electron chi connectivity index (χ4n) is 2.35. The Kier molecular flexibility index (Phi) is 5.05. The molecule has 0 nitrogen and oxygen atoms in total. The highest BCUT2D eigenvalue weighted by molar-refractivity contribution is 5.24. The molecule has 0 aliphatic heterocycles. The maximum atomic E-state index is 2.32. The number of benzene rings is 1. The normalized spacial score (nSPS) is 11.8. The summed E-state index contributed by atoms with van der Waals surface area (Å²) in [5.74, 6) is 2.30. The second-order valence-electron chi connectivity index (χ2n) is 5.87. The molecule has 0 bridgehead atoms. The SMILES string of the molecule is Cc1ccc(C(CC(C)C)CC(C)C)cc1. The summed E-state index contributed by atoms with van der Waals surface area (Å²) in [6, 6.07) is 9.10. The summed E-state index contributed by atoms with van der Waals surface area (Å²) < 4.78 is 0. The Morgan fingerprint density at radius 2 is 1.25 bits per heavy atom. The van der Waals surface area contributed by atoms with E-state index in [0.717, 1.165) is 17.8 Å². The summed E-state index contributed by atoms with van der Waals surface area (Å²) in [5.41, 5.74) is 2.88. The molecule has 0 spiro atoms. The number of hydrogen-bond donors (Lipinski definition) is 0. The lowest BCUT2D eigenvalue weighted by molar-refractivity contribution is 0.423. The summed E-state index contributed by atoms with van der Waals surface area (Å²) in [6.07, 6.45) is 2.61. The van der Waals surface area contributed by atoms with Crippen LogP contribution in [-0.4, -0.2) is 0 Å². The van der Waals surface area contributed by atoms with Crippen LogP contribution in [0.25, 0.3) is 0 Å². The van der Waals surface area contributed by atoms with Crippen molar-refractivity contribution >= 4 is 0 Å². The molecule has 1 aromatic rings. The smallest absolute Gasteiger partial charge is 0.0157 e. The van der Waals surface area contributed by atoms with Crippen LogP contribution in [0.3, 0.4) is 0 Å². The molecule has 0 amide bonds. The lowest BCUT2D eigenvalue weighted by Gasteiger charge is -2.21. The Balaban J connectivity index is 2.78. The third-order valence-corrected chi connectivity index (χ3v) is 3.06. The zero-order valence-corrected chi connectivity index (χ0v) is 11.5. The topological polar surface area (TPSA) is 0 Å². The van der Waals surface area contributed by atoms with Gasteiger partial charge in [-0.1, -0.05) is 57.5 Å². The average molecular weight is 218 g/mol. The van der Waals surface area contributed by atoms with Crippen LogP contribution in [0.15, 0.2) is 24.3 Å². The summed E-state index contributed by atoms with van der Waals surface area (Å²) in [4.78, 5) is 0. The van der Waals surface area contributed by atoms with E-state index in [9.17, 15) is 0 Å². The van der Waals surface area contributed by atoms with E-state index in [4.69, 9.17) is 0 Å². The molecule has 0 radical (unpaired) electrons. The van der Waals surface area contributed by atoms with Gasteiger partial charge in [-0.2, -0.15) is 0 Å². The zero-order valence-electron chi connectivity index (χ0n) is 11.5. The van der Waals surface area contributed by atoms with Crippen LogP contribution < -0.4 is 0 Å². The second kappa shape index (κ2) is 6.08. The van der Waals surface area contributed by atoms with E-state index in [1.807, 2.05) is 0 Å². The Hall–Kier alpha value is -0.780. The van der Waals surface area contributed by atoms with Gasteiger partial charge in [0.1, 0.15) is 0 Å². The van der Waals surface area contributed by atoms with E-state index in [1.165, 1.54) is 24.0 Å². The maximum absolute atomic E-state index is 2.32. The van der Waals surface area contributed by atoms with E-state index in [2.05, 4.69) is 58.9 Å². The van der Waals surface area contributed by atoms with Crippen molar-refractivity contribution < 1.29 is 0 Å². The van der Waals surface area contributed by atoms with E-state index < -0.39 is 0 Å². The fourth-order valence-corrected chi connectivity index (χ4v) is 2.35. The Morgan fingerprint density at radius 3 is 1.62 bits per heavy atom. The molecular formula is C16H26. The molecule has 0 saturated heterocycles. The molecule has 0 saturated carbocycles. The Morgan fingerprint density at radius 1 is 0.812 bits per heavy atom. The van der Waals surface area contributed by atoms with Crippen LogP contribution in [0, 0.1) is 18.8 Å². The standard InChI is InChI=1S/C16H26/c1-12(2)10-16(11-13(3)4)15-8-6-14(5)7-9-15/h6-9,12-13,16H,10-11H2,1-5H3. The van der Waals surface area contributed by atoms with Crippen molar-refractivity contribution in [3.8, 4) is 0 Å². The van der Waals surface area contributed by atoms with Gasteiger partial charge in [0, 0.05) is 0 Å². The molecule has 0 atom stereocenters. The van der Waals surface area contributed by atoms with Crippen molar-refractivity contribution in [3.05, 3.63) is 35.4 Å². The maximum Gasteiger partial charge on any atom is -0.0157 e. The van der Waals surface area contributed by atoms with Gasteiger partial charge in [0.15, 0.2) is 0 Å². The van der Waals surface area contributed by atoms with Gasteiger partial charge in [-0.05, 0) is 43.1 Å². The largest absolute Gasteiger partial charge is 0.0628 e. The lowest BCUT2D eigenvalue weighted by atomic mass is 9.84. The molecule has 0 unspecified atom stereocenters. The quantitative estimate of drug-likeness (QED) is 0.639. The molecule has 1 aromatic carbocycles. The van der Waals surface area contributed by atoms with Crippen molar-refractivity contribution in [1.82, 2.24) is 0 Å². The molecule has 16 heavy (non-hydrogen) atoms. The van der Waals surface area contributed by atoms with E-state index in [-0.39, 0.29) is 0 Å². The second-order valence-corrected chi connectivity index (χ2v) is 5.87. The summed E-state index contributed by atoms with van der Waals surface area (Å²) >= 11 is 0. The van der Waals surface area contributed by atoms with Gasteiger partial charge in [-0.15, -0.1) is 0 Å². The van der Waals surface area contributed by atoms with Crippen molar-refractivity contribution in [2.75, 3.05) is 0 Å². The Labute approximate surface area is 101 Å². The van der Waals surface area contributed by atoms with Crippen LogP contribution in [0.2, 0.25) is 0 Å². The highest BCUT2D eigenvalue weighted by Gasteiger charge is 2.14. The van der Waals surface area contributed by atoms with Crippen molar-refractivity contribution in [2.24, 2.45) is 11.8 Å². The highest BCUT2D eigenvalue weighted by Crippen LogP contribution is 2.30. The van der Waals surface area contributed by atoms with Gasteiger partial charge in [0.05, 0.1) is 0 Å². The predicted molar refractivity (Wildman–Crippen MR) is 72.8 cm³/mol. The van der Waals surface area contributed by atoms with Crippen molar-refractivity contribution in [1.29, 1.82) is 0 Å². The zero-order chi connectivity index (χ0) is 12.1. The molecule has 0 aliphatic rings. The third-order valence-electron chi connectivity index (χ3n) is 3.06. The molecule has 0 aliphatic carbocycles. The average Bonchev–Trinajstić information content (AvgIpc) is 2.16. The molecule has 90 valence electrons.